The summed E-state index contributed by atoms with van der Waals surface area (Å²) in [6.07, 6.45) is 5.07. The summed E-state index contributed by atoms with van der Waals surface area (Å²) in [6, 6.07) is 0. The number of amides is 1. The third kappa shape index (κ3) is 4.72. The Labute approximate surface area is 143 Å². The van der Waals surface area contributed by atoms with Gasteiger partial charge in [-0.1, -0.05) is 19.0 Å². The number of aryl methyl sites for hydroxylation is 2. The van der Waals surface area contributed by atoms with Crippen LogP contribution in [0, 0.1) is 0 Å². The fourth-order valence-corrected chi connectivity index (χ4v) is 2.94. The highest BCUT2D eigenvalue weighted by atomic mass is 16.5. The van der Waals surface area contributed by atoms with Gasteiger partial charge in [-0.2, -0.15) is 0 Å². The van der Waals surface area contributed by atoms with Crippen molar-refractivity contribution in [1.82, 2.24) is 20.7 Å². The Balaban J connectivity index is 1.84. The quantitative estimate of drug-likeness (QED) is 0.608. The van der Waals surface area contributed by atoms with Crippen molar-refractivity contribution < 1.29 is 9.32 Å². The fraction of sp³-hybridized carbons (Fsp3) is 0.706. The van der Waals surface area contributed by atoms with Gasteiger partial charge in [0.1, 0.15) is 5.76 Å². The zero-order valence-electron chi connectivity index (χ0n) is 15.0. The van der Waals surface area contributed by atoms with E-state index in [-0.39, 0.29) is 12.5 Å². The van der Waals surface area contributed by atoms with Crippen LogP contribution in [0.2, 0.25) is 0 Å². The highest BCUT2D eigenvalue weighted by molar-refractivity contribution is 5.86. The van der Waals surface area contributed by atoms with E-state index in [1.165, 1.54) is 6.42 Å². The number of piperidine rings is 1. The lowest BCUT2D eigenvalue weighted by atomic mass is 10.1. The van der Waals surface area contributed by atoms with Crippen LogP contribution in [-0.2, 0) is 24.2 Å². The van der Waals surface area contributed by atoms with Crippen LogP contribution in [0.5, 0.6) is 0 Å². The van der Waals surface area contributed by atoms with E-state index in [2.05, 4.69) is 27.7 Å². The predicted octanol–water partition coefficient (Wildman–Crippen LogP) is 1.48. The van der Waals surface area contributed by atoms with Crippen LogP contribution >= 0.6 is 0 Å². The van der Waals surface area contributed by atoms with E-state index in [9.17, 15) is 4.79 Å². The second-order valence-corrected chi connectivity index (χ2v) is 5.96. The molecule has 2 heterocycles. The van der Waals surface area contributed by atoms with Crippen molar-refractivity contribution in [2.24, 2.45) is 4.99 Å². The van der Waals surface area contributed by atoms with Crippen LogP contribution in [0.4, 0.5) is 0 Å². The molecule has 7 heteroatoms. The molecule has 24 heavy (non-hydrogen) atoms. The highest BCUT2D eigenvalue weighted by Gasteiger charge is 2.17. The number of guanidine groups is 1. The SMILES string of the molecule is CCc1noc(CC)c1CNC(=NC)NCC(=O)N1CCCCC1. The predicted molar refractivity (Wildman–Crippen MR) is 93.9 cm³/mol. The van der Waals surface area contributed by atoms with Gasteiger partial charge in [0, 0.05) is 38.7 Å². The van der Waals surface area contributed by atoms with Gasteiger partial charge in [-0.05, 0) is 25.7 Å². The first-order valence-electron chi connectivity index (χ1n) is 8.88. The number of hydrogen-bond donors (Lipinski definition) is 2. The molecule has 2 rings (SSSR count). The summed E-state index contributed by atoms with van der Waals surface area (Å²) in [7, 11) is 1.70. The van der Waals surface area contributed by atoms with Crippen LogP contribution < -0.4 is 10.6 Å². The van der Waals surface area contributed by atoms with Gasteiger partial charge in [0.2, 0.25) is 5.91 Å². The van der Waals surface area contributed by atoms with E-state index in [1.54, 1.807) is 7.05 Å². The molecule has 1 aromatic rings. The Hall–Kier alpha value is -2.05. The first-order chi connectivity index (χ1) is 11.7. The third-order valence-electron chi connectivity index (χ3n) is 4.38. The topological polar surface area (TPSA) is 82.8 Å². The monoisotopic (exact) mass is 335 g/mol. The van der Waals surface area contributed by atoms with Crippen molar-refractivity contribution in [2.45, 2.75) is 52.5 Å². The van der Waals surface area contributed by atoms with E-state index < -0.39 is 0 Å². The summed E-state index contributed by atoms with van der Waals surface area (Å²) < 4.78 is 5.37. The molecule has 0 unspecified atom stereocenters. The molecule has 1 aliphatic heterocycles. The van der Waals surface area contributed by atoms with Crippen molar-refractivity contribution >= 4 is 11.9 Å². The van der Waals surface area contributed by atoms with Gasteiger partial charge < -0.3 is 20.1 Å². The molecule has 0 radical (unpaired) electrons. The maximum absolute atomic E-state index is 12.2. The van der Waals surface area contributed by atoms with E-state index >= 15 is 0 Å². The number of rotatable bonds is 6. The molecule has 1 aliphatic rings. The number of likely N-dealkylation sites (tertiary alicyclic amines) is 1. The first kappa shape index (κ1) is 18.3. The number of aliphatic imine (C=N–C) groups is 1. The molecule has 0 aliphatic carbocycles. The molecule has 1 saturated heterocycles. The standard InChI is InChI=1S/C17H29N5O2/c1-4-14-13(15(5-2)24-21-14)11-19-17(18-3)20-12-16(23)22-9-7-6-8-10-22/h4-12H2,1-3H3,(H2,18,19,20). The van der Waals surface area contributed by atoms with E-state index in [0.29, 0.717) is 12.5 Å². The Bertz CT molecular complexity index is 540. The van der Waals surface area contributed by atoms with Crippen molar-refractivity contribution in [2.75, 3.05) is 26.7 Å². The minimum absolute atomic E-state index is 0.131. The van der Waals surface area contributed by atoms with Crippen LogP contribution in [0.1, 0.15) is 50.1 Å². The van der Waals surface area contributed by atoms with Gasteiger partial charge in [0.15, 0.2) is 5.96 Å². The van der Waals surface area contributed by atoms with Crippen LogP contribution in [0.3, 0.4) is 0 Å². The molecule has 0 aromatic carbocycles. The molecular weight excluding hydrogens is 306 g/mol. The highest BCUT2D eigenvalue weighted by Crippen LogP contribution is 2.15. The number of nitrogens with zero attached hydrogens (tertiary/aromatic N) is 3. The van der Waals surface area contributed by atoms with E-state index in [0.717, 1.165) is 55.8 Å². The largest absolute Gasteiger partial charge is 0.361 e. The Morgan fingerprint density at radius 1 is 1.21 bits per heavy atom. The molecule has 1 fully saturated rings. The van der Waals surface area contributed by atoms with E-state index in [4.69, 9.17) is 4.52 Å². The second-order valence-electron chi connectivity index (χ2n) is 5.96. The zero-order valence-corrected chi connectivity index (χ0v) is 15.0. The molecule has 0 spiro atoms. The fourth-order valence-electron chi connectivity index (χ4n) is 2.94. The second kappa shape index (κ2) is 9.30. The Kier molecular flexibility index (Phi) is 7.08. The molecule has 7 nitrogen and oxygen atoms in total. The van der Waals surface area contributed by atoms with Crippen molar-refractivity contribution in [3.05, 3.63) is 17.0 Å². The van der Waals surface area contributed by atoms with Gasteiger partial charge in [0.25, 0.3) is 0 Å². The van der Waals surface area contributed by atoms with Gasteiger partial charge in [-0.3, -0.25) is 9.79 Å². The average Bonchev–Trinajstić information content (AvgIpc) is 3.04. The minimum atomic E-state index is 0.131. The van der Waals surface area contributed by atoms with Crippen LogP contribution in [-0.4, -0.2) is 48.6 Å². The summed E-state index contributed by atoms with van der Waals surface area (Å²) in [6.45, 7) is 6.71. The normalized spacial score (nSPS) is 15.5. The number of carbonyl (C=O) groups is 1. The van der Waals surface area contributed by atoms with Crippen molar-refractivity contribution in [3.8, 4) is 0 Å². The smallest absolute Gasteiger partial charge is 0.241 e. The van der Waals surface area contributed by atoms with Crippen molar-refractivity contribution in [3.63, 3.8) is 0 Å². The van der Waals surface area contributed by atoms with Gasteiger partial charge in [0.05, 0.1) is 12.2 Å². The molecule has 1 amide bonds. The molecule has 134 valence electrons. The molecular formula is C17H29N5O2. The van der Waals surface area contributed by atoms with Crippen LogP contribution in [0.15, 0.2) is 9.52 Å². The minimum Gasteiger partial charge on any atom is -0.361 e. The number of carbonyl (C=O) groups excluding carboxylic acids is 1. The molecule has 0 bridgehead atoms. The molecule has 0 saturated carbocycles. The maximum atomic E-state index is 12.2. The maximum Gasteiger partial charge on any atom is 0.241 e. The van der Waals surface area contributed by atoms with Crippen molar-refractivity contribution in [1.29, 1.82) is 0 Å². The van der Waals surface area contributed by atoms with Gasteiger partial charge >= 0.3 is 0 Å². The average molecular weight is 335 g/mol. The molecule has 2 N–H and O–H groups in total. The summed E-state index contributed by atoms with van der Waals surface area (Å²) >= 11 is 0. The van der Waals surface area contributed by atoms with Crippen LogP contribution in [0.25, 0.3) is 0 Å². The lowest BCUT2D eigenvalue weighted by molar-refractivity contribution is -0.130. The summed E-state index contributed by atoms with van der Waals surface area (Å²) in [5.74, 6) is 1.65. The van der Waals surface area contributed by atoms with E-state index in [1.807, 2.05) is 11.8 Å². The van der Waals surface area contributed by atoms with Gasteiger partial charge in [-0.25, -0.2) is 0 Å². The summed E-state index contributed by atoms with van der Waals surface area (Å²) in [5, 5.41) is 10.5. The molecule has 1 aromatic heterocycles. The first-order valence-corrected chi connectivity index (χ1v) is 8.88. The summed E-state index contributed by atoms with van der Waals surface area (Å²) in [4.78, 5) is 18.3. The number of hydrogen-bond acceptors (Lipinski definition) is 4. The lowest BCUT2D eigenvalue weighted by Crippen LogP contribution is -2.45. The zero-order chi connectivity index (χ0) is 17.4. The number of nitrogens with one attached hydrogen (secondary N) is 2. The lowest BCUT2D eigenvalue weighted by Gasteiger charge is -2.27. The Morgan fingerprint density at radius 2 is 1.96 bits per heavy atom. The molecule has 0 atom stereocenters. The third-order valence-corrected chi connectivity index (χ3v) is 4.38. The summed E-state index contributed by atoms with van der Waals surface area (Å²) in [5.41, 5.74) is 2.06. The number of aromatic nitrogens is 1. The van der Waals surface area contributed by atoms with Gasteiger partial charge in [-0.15, -0.1) is 0 Å². The Morgan fingerprint density at radius 3 is 2.58 bits per heavy atom.